The van der Waals surface area contributed by atoms with E-state index in [1.54, 1.807) is 0 Å². The molecule has 1 amide bonds. The van der Waals surface area contributed by atoms with Crippen molar-refractivity contribution < 1.29 is 19.4 Å². The van der Waals surface area contributed by atoms with Gasteiger partial charge in [-0.25, -0.2) is 0 Å². The van der Waals surface area contributed by atoms with E-state index >= 15 is 0 Å². The second-order valence-electron chi connectivity index (χ2n) is 2.63. The average Bonchev–Trinajstić information content (AvgIpc) is 2.17. The Bertz CT molecular complexity index is 220. The average molecular weight is 233 g/mol. The van der Waals surface area contributed by atoms with Crippen LogP contribution in [0.1, 0.15) is 6.42 Å². The lowest BCUT2D eigenvalue weighted by Crippen LogP contribution is -2.27. The van der Waals surface area contributed by atoms with Crippen molar-refractivity contribution in [2.24, 2.45) is 0 Å². The van der Waals surface area contributed by atoms with E-state index in [4.69, 9.17) is 9.84 Å². The van der Waals surface area contributed by atoms with E-state index in [1.807, 2.05) is 0 Å². The summed E-state index contributed by atoms with van der Waals surface area (Å²) in [6.45, 7) is 4.43. The number of rotatable bonds is 9. The molecular weight excluding hydrogens is 218 g/mol. The summed E-state index contributed by atoms with van der Waals surface area (Å²) in [6.07, 6.45) is 2.06. The fourth-order valence-electron chi connectivity index (χ4n) is 0.749. The van der Waals surface area contributed by atoms with Gasteiger partial charge in [-0.15, -0.1) is 11.8 Å². The molecule has 0 radical (unpaired) electrons. The molecule has 0 saturated carbocycles. The molecule has 15 heavy (non-hydrogen) atoms. The Kier molecular flexibility index (Phi) is 8.66. The van der Waals surface area contributed by atoms with Crippen LogP contribution in [0.4, 0.5) is 0 Å². The van der Waals surface area contributed by atoms with Crippen LogP contribution in [-0.2, 0) is 14.3 Å². The van der Waals surface area contributed by atoms with E-state index in [0.717, 1.165) is 11.8 Å². The van der Waals surface area contributed by atoms with Crippen LogP contribution in [0.2, 0.25) is 0 Å². The molecule has 5 nitrogen and oxygen atoms in total. The number of carboxylic acids is 1. The third-order valence-corrected chi connectivity index (χ3v) is 2.26. The van der Waals surface area contributed by atoms with E-state index < -0.39 is 5.97 Å². The van der Waals surface area contributed by atoms with Gasteiger partial charge < -0.3 is 15.2 Å². The SMILES string of the molecule is C=COCCCNC(=O)CSCC(=O)O. The number of carboxylic acid groups (broad SMARTS) is 1. The molecule has 0 spiro atoms. The molecule has 2 N–H and O–H groups in total. The maximum Gasteiger partial charge on any atom is 0.313 e. The minimum atomic E-state index is -0.910. The molecule has 0 fully saturated rings. The summed E-state index contributed by atoms with van der Waals surface area (Å²) < 4.78 is 4.86. The molecule has 0 rings (SSSR count). The summed E-state index contributed by atoms with van der Waals surface area (Å²) in [5.41, 5.74) is 0. The van der Waals surface area contributed by atoms with Crippen LogP contribution in [0.3, 0.4) is 0 Å². The standard InChI is InChI=1S/C9H15NO4S/c1-2-14-5-3-4-10-8(11)6-15-7-9(12)13/h2H,1,3-7H2,(H,10,11)(H,12,13). The summed E-state index contributed by atoms with van der Waals surface area (Å²) in [5, 5.41) is 11.0. The molecule has 0 aromatic rings. The molecule has 0 aliphatic heterocycles. The lowest BCUT2D eigenvalue weighted by molar-refractivity contribution is -0.133. The van der Waals surface area contributed by atoms with Crippen molar-refractivity contribution >= 4 is 23.6 Å². The maximum absolute atomic E-state index is 11.1. The van der Waals surface area contributed by atoms with Crippen LogP contribution >= 0.6 is 11.8 Å². The Balaban J connectivity index is 3.25. The number of ether oxygens (including phenoxy) is 1. The third kappa shape index (κ3) is 10.8. The number of aliphatic carboxylic acids is 1. The predicted octanol–water partition coefficient (Wildman–Crippen LogP) is 0.471. The van der Waals surface area contributed by atoms with Crippen molar-refractivity contribution in [3.63, 3.8) is 0 Å². The van der Waals surface area contributed by atoms with Gasteiger partial charge in [0.1, 0.15) is 0 Å². The Morgan fingerprint density at radius 2 is 2.20 bits per heavy atom. The summed E-state index contributed by atoms with van der Waals surface area (Å²) in [6, 6.07) is 0. The summed E-state index contributed by atoms with van der Waals surface area (Å²) in [7, 11) is 0. The van der Waals surface area contributed by atoms with Gasteiger partial charge in [-0.05, 0) is 6.42 Å². The van der Waals surface area contributed by atoms with E-state index in [-0.39, 0.29) is 17.4 Å². The Morgan fingerprint density at radius 3 is 2.80 bits per heavy atom. The minimum Gasteiger partial charge on any atom is -0.502 e. The predicted molar refractivity (Wildman–Crippen MR) is 58.7 cm³/mol. The molecule has 0 atom stereocenters. The van der Waals surface area contributed by atoms with Crippen molar-refractivity contribution in [3.05, 3.63) is 12.8 Å². The zero-order chi connectivity index (χ0) is 11.5. The fraction of sp³-hybridized carbons (Fsp3) is 0.556. The Morgan fingerprint density at radius 1 is 1.47 bits per heavy atom. The molecule has 0 aromatic heterocycles. The number of nitrogens with one attached hydrogen (secondary N) is 1. The lowest BCUT2D eigenvalue weighted by Gasteiger charge is -2.04. The van der Waals surface area contributed by atoms with Crippen molar-refractivity contribution in [2.75, 3.05) is 24.7 Å². The number of hydrogen-bond acceptors (Lipinski definition) is 4. The van der Waals surface area contributed by atoms with Gasteiger partial charge >= 0.3 is 5.97 Å². The first-order valence-corrected chi connectivity index (χ1v) is 5.61. The highest BCUT2D eigenvalue weighted by Gasteiger charge is 2.02. The largest absolute Gasteiger partial charge is 0.502 e. The first kappa shape index (κ1) is 13.8. The molecule has 6 heteroatoms. The molecule has 0 aliphatic carbocycles. The molecule has 0 unspecified atom stereocenters. The van der Waals surface area contributed by atoms with Crippen LogP contribution in [0.15, 0.2) is 12.8 Å². The normalized spacial score (nSPS) is 9.33. The topological polar surface area (TPSA) is 75.6 Å². The highest BCUT2D eigenvalue weighted by Crippen LogP contribution is 1.97. The maximum atomic E-state index is 11.1. The van der Waals surface area contributed by atoms with Crippen molar-refractivity contribution in [2.45, 2.75) is 6.42 Å². The van der Waals surface area contributed by atoms with Crippen LogP contribution in [0.25, 0.3) is 0 Å². The minimum absolute atomic E-state index is 0.0486. The smallest absolute Gasteiger partial charge is 0.313 e. The number of hydrogen-bond donors (Lipinski definition) is 2. The zero-order valence-electron chi connectivity index (χ0n) is 8.40. The van der Waals surface area contributed by atoms with Crippen molar-refractivity contribution in [3.8, 4) is 0 Å². The zero-order valence-corrected chi connectivity index (χ0v) is 9.22. The summed E-state index contributed by atoms with van der Waals surface area (Å²) >= 11 is 1.08. The fourth-order valence-corrected chi connectivity index (χ4v) is 1.31. The monoisotopic (exact) mass is 233 g/mol. The Hall–Kier alpha value is -1.17. The first-order chi connectivity index (χ1) is 7.16. The lowest BCUT2D eigenvalue weighted by atomic mass is 10.4. The molecule has 86 valence electrons. The number of thioether (sulfide) groups is 1. The molecule has 0 bridgehead atoms. The van der Waals surface area contributed by atoms with Gasteiger partial charge in [-0.3, -0.25) is 9.59 Å². The van der Waals surface area contributed by atoms with E-state index in [9.17, 15) is 9.59 Å². The van der Waals surface area contributed by atoms with Crippen LogP contribution in [-0.4, -0.2) is 41.6 Å². The van der Waals surface area contributed by atoms with E-state index in [0.29, 0.717) is 19.6 Å². The van der Waals surface area contributed by atoms with Crippen LogP contribution in [0, 0.1) is 0 Å². The van der Waals surface area contributed by atoms with E-state index in [1.165, 1.54) is 6.26 Å². The van der Waals surface area contributed by atoms with E-state index in [2.05, 4.69) is 11.9 Å². The van der Waals surface area contributed by atoms with Crippen LogP contribution < -0.4 is 5.32 Å². The van der Waals surface area contributed by atoms with Crippen LogP contribution in [0.5, 0.6) is 0 Å². The first-order valence-electron chi connectivity index (χ1n) is 4.45. The molecule has 0 aliphatic rings. The van der Waals surface area contributed by atoms with Gasteiger partial charge in [0.2, 0.25) is 5.91 Å². The van der Waals surface area contributed by atoms with Gasteiger partial charge in [0, 0.05) is 6.54 Å². The van der Waals surface area contributed by atoms with Crippen molar-refractivity contribution in [1.82, 2.24) is 5.32 Å². The molecule has 0 heterocycles. The van der Waals surface area contributed by atoms with Gasteiger partial charge in [0.05, 0.1) is 24.4 Å². The summed E-state index contributed by atoms with van der Waals surface area (Å²) in [5.74, 6) is -0.936. The van der Waals surface area contributed by atoms with Gasteiger partial charge in [0.25, 0.3) is 0 Å². The van der Waals surface area contributed by atoms with Gasteiger partial charge in [-0.2, -0.15) is 0 Å². The summed E-state index contributed by atoms with van der Waals surface area (Å²) in [4.78, 5) is 21.2. The number of carbonyl (C=O) groups excluding carboxylic acids is 1. The number of amides is 1. The van der Waals surface area contributed by atoms with Gasteiger partial charge in [-0.1, -0.05) is 6.58 Å². The van der Waals surface area contributed by atoms with Gasteiger partial charge in [0.15, 0.2) is 0 Å². The van der Waals surface area contributed by atoms with Crippen molar-refractivity contribution in [1.29, 1.82) is 0 Å². The molecular formula is C9H15NO4S. The third-order valence-electron chi connectivity index (χ3n) is 1.34. The highest BCUT2D eigenvalue weighted by atomic mass is 32.2. The second-order valence-corrected chi connectivity index (χ2v) is 3.61. The highest BCUT2D eigenvalue weighted by molar-refractivity contribution is 8.00. The molecule has 0 aromatic carbocycles. The number of carbonyl (C=O) groups is 2. The second kappa shape index (κ2) is 9.39. The Labute approximate surface area is 92.9 Å². The molecule has 0 saturated heterocycles. The quantitative estimate of drug-likeness (QED) is 0.447.